The van der Waals surface area contributed by atoms with Crippen LogP contribution in [0.2, 0.25) is 0 Å². The molecule has 0 aromatic heterocycles. The highest BCUT2D eigenvalue weighted by Gasteiger charge is 2.32. The van der Waals surface area contributed by atoms with Crippen LogP contribution in [0.5, 0.6) is 5.75 Å². The van der Waals surface area contributed by atoms with Gasteiger partial charge in [0.15, 0.2) is 0 Å². The number of hydrogen-bond acceptors (Lipinski definition) is 4. The lowest BCUT2D eigenvalue weighted by Crippen LogP contribution is -2.30. The highest BCUT2D eigenvalue weighted by atomic mass is 32.2. The van der Waals surface area contributed by atoms with E-state index in [9.17, 15) is 8.42 Å². The Kier molecular flexibility index (Phi) is 5.47. The average Bonchev–Trinajstić information content (AvgIpc) is 2.90. The molecule has 0 amide bonds. The second-order valence-electron chi connectivity index (χ2n) is 6.17. The molecule has 1 aromatic rings. The van der Waals surface area contributed by atoms with Crippen molar-refractivity contribution in [2.75, 3.05) is 26.7 Å². The van der Waals surface area contributed by atoms with E-state index >= 15 is 0 Å². The Morgan fingerprint density at radius 2 is 2.14 bits per heavy atom. The van der Waals surface area contributed by atoms with Crippen LogP contribution in [0.4, 0.5) is 0 Å². The first kappa shape index (κ1) is 17.2. The molecule has 124 valence electrons. The zero-order chi connectivity index (χ0) is 16.3. The molecule has 1 heterocycles. The molecule has 1 aromatic carbocycles. The van der Waals surface area contributed by atoms with Gasteiger partial charge in [0.05, 0.1) is 11.0 Å². The number of rotatable bonds is 6. The first-order valence-corrected chi connectivity index (χ1v) is 9.20. The van der Waals surface area contributed by atoms with E-state index in [0.29, 0.717) is 23.9 Å². The van der Waals surface area contributed by atoms with Gasteiger partial charge in [-0.1, -0.05) is 0 Å². The minimum Gasteiger partial charge on any atom is -0.491 e. The lowest BCUT2D eigenvalue weighted by Gasteiger charge is -2.18. The Morgan fingerprint density at radius 3 is 2.73 bits per heavy atom. The number of nitrogens with one attached hydrogen (secondary N) is 1. The van der Waals surface area contributed by atoms with Gasteiger partial charge in [-0.05, 0) is 70.5 Å². The minimum absolute atomic E-state index is 0.0713. The monoisotopic (exact) mass is 326 g/mol. The fourth-order valence-corrected chi connectivity index (χ4v) is 4.40. The molecule has 5 nitrogen and oxygen atoms in total. The maximum Gasteiger partial charge on any atom is 0.243 e. The maximum absolute atomic E-state index is 12.7. The van der Waals surface area contributed by atoms with Gasteiger partial charge in [0.25, 0.3) is 0 Å². The van der Waals surface area contributed by atoms with E-state index in [4.69, 9.17) is 4.74 Å². The van der Waals surface area contributed by atoms with E-state index in [1.807, 2.05) is 27.8 Å². The number of nitrogens with zero attached hydrogens (tertiary/aromatic N) is 1. The van der Waals surface area contributed by atoms with Crippen molar-refractivity contribution < 1.29 is 13.2 Å². The summed E-state index contributed by atoms with van der Waals surface area (Å²) in [7, 11) is -1.51. The third-order valence-electron chi connectivity index (χ3n) is 3.89. The second kappa shape index (κ2) is 6.98. The summed E-state index contributed by atoms with van der Waals surface area (Å²) >= 11 is 0. The SMILES string of the molecule is CNC[C@@H]1CCN(S(=O)(=O)c2ccc(OC(C)C)c(C)c2)C1. The van der Waals surface area contributed by atoms with Crippen molar-refractivity contribution >= 4 is 10.0 Å². The lowest BCUT2D eigenvalue weighted by atomic mass is 10.1. The van der Waals surface area contributed by atoms with Gasteiger partial charge in [-0.25, -0.2) is 8.42 Å². The van der Waals surface area contributed by atoms with E-state index in [0.717, 1.165) is 24.3 Å². The predicted molar refractivity (Wildman–Crippen MR) is 87.7 cm³/mol. The summed E-state index contributed by atoms with van der Waals surface area (Å²) in [5.74, 6) is 1.13. The first-order chi connectivity index (χ1) is 10.3. The molecule has 1 N–H and O–H groups in total. The Labute approximate surface area is 133 Å². The van der Waals surface area contributed by atoms with Crippen molar-refractivity contribution in [1.29, 1.82) is 0 Å². The fourth-order valence-electron chi connectivity index (χ4n) is 2.79. The van der Waals surface area contributed by atoms with E-state index in [1.165, 1.54) is 0 Å². The summed E-state index contributed by atoms with van der Waals surface area (Å²) in [5, 5.41) is 3.12. The molecule has 0 unspecified atom stereocenters. The molecule has 1 aliphatic rings. The highest BCUT2D eigenvalue weighted by molar-refractivity contribution is 7.89. The standard InChI is InChI=1S/C16H26N2O3S/c1-12(2)21-16-6-5-15(9-13(16)3)22(19,20)18-8-7-14(11-18)10-17-4/h5-6,9,12,14,17H,7-8,10-11H2,1-4H3/t14-/m0/s1. The van der Waals surface area contributed by atoms with E-state index in [1.54, 1.807) is 22.5 Å². The number of sulfonamides is 1. The third kappa shape index (κ3) is 3.80. The maximum atomic E-state index is 12.7. The molecule has 0 bridgehead atoms. The van der Waals surface area contributed by atoms with Crippen LogP contribution < -0.4 is 10.1 Å². The van der Waals surface area contributed by atoms with E-state index in [2.05, 4.69) is 5.32 Å². The lowest BCUT2D eigenvalue weighted by molar-refractivity contribution is 0.240. The van der Waals surface area contributed by atoms with Crippen LogP contribution in [-0.4, -0.2) is 45.5 Å². The van der Waals surface area contributed by atoms with Crippen LogP contribution in [0.3, 0.4) is 0 Å². The molecule has 0 radical (unpaired) electrons. The first-order valence-electron chi connectivity index (χ1n) is 7.76. The van der Waals surface area contributed by atoms with Crippen molar-refractivity contribution in [3.8, 4) is 5.75 Å². The van der Waals surface area contributed by atoms with Crippen molar-refractivity contribution in [3.63, 3.8) is 0 Å². The summed E-state index contributed by atoms with van der Waals surface area (Å²) in [6.07, 6.45) is 0.982. The molecule has 22 heavy (non-hydrogen) atoms. The Hall–Kier alpha value is -1.11. The van der Waals surface area contributed by atoms with E-state index in [-0.39, 0.29) is 6.10 Å². The largest absolute Gasteiger partial charge is 0.491 e. The van der Waals surface area contributed by atoms with Crippen molar-refractivity contribution in [2.45, 2.75) is 38.2 Å². The molecule has 2 rings (SSSR count). The molecule has 1 saturated heterocycles. The normalized spacial score (nSPS) is 19.8. The van der Waals surface area contributed by atoms with Gasteiger partial charge in [0.1, 0.15) is 5.75 Å². The smallest absolute Gasteiger partial charge is 0.243 e. The van der Waals surface area contributed by atoms with Crippen LogP contribution in [0.15, 0.2) is 23.1 Å². The third-order valence-corrected chi connectivity index (χ3v) is 5.75. The van der Waals surface area contributed by atoms with Crippen LogP contribution in [0, 0.1) is 12.8 Å². The Balaban J connectivity index is 2.18. The van der Waals surface area contributed by atoms with Gasteiger partial charge in [0.2, 0.25) is 10.0 Å². The van der Waals surface area contributed by atoms with Gasteiger partial charge < -0.3 is 10.1 Å². The van der Waals surface area contributed by atoms with Crippen LogP contribution >= 0.6 is 0 Å². The number of aryl methyl sites for hydroxylation is 1. The van der Waals surface area contributed by atoms with Crippen LogP contribution in [0.1, 0.15) is 25.8 Å². The Bertz CT molecular complexity index is 614. The predicted octanol–water partition coefficient (Wildman–Crippen LogP) is 2.01. The topological polar surface area (TPSA) is 58.6 Å². The fraction of sp³-hybridized carbons (Fsp3) is 0.625. The molecule has 1 atom stereocenters. The molecular formula is C16H26N2O3S. The second-order valence-corrected chi connectivity index (χ2v) is 8.11. The summed E-state index contributed by atoms with van der Waals surface area (Å²) in [6.45, 7) is 7.83. The van der Waals surface area contributed by atoms with Crippen LogP contribution in [0.25, 0.3) is 0 Å². The van der Waals surface area contributed by atoms with Crippen LogP contribution in [-0.2, 0) is 10.0 Å². The summed E-state index contributed by atoms with van der Waals surface area (Å²) in [6, 6.07) is 5.10. The Morgan fingerprint density at radius 1 is 1.41 bits per heavy atom. The number of hydrogen-bond donors (Lipinski definition) is 1. The molecular weight excluding hydrogens is 300 g/mol. The molecule has 0 saturated carbocycles. The quantitative estimate of drug-likeness (QED) is 0.869. The highest BCUT2D eigenvalue weighted by Crippen LogP contribution is 2.28. The molecule has 6 heteroatoms. The molecule has 1 fully saturated rings. The number of ether oxygens (including phenoxy) is 1. The van der Waals surface area contributed by atoms with Crippen molar-refractivity contribution in [3.05, 3.63) is 23.8 Å². The van der Waals surface area contributed by atoms with Gasteiger partial charge in [-0.2, -0.15) is 4.31 Å². The molecule has 0 aliphatic carbocycles. The van der Waals surface area contributed by atoms with Gasteiger partial charge in [-0.15, -0.1) is 0 Å². The average molecular weight is 326 g/mol. The van der Waals surface area contributed by atoms with Crippen molar-refractivity contribution in [2.24, 2.45) is 5.92 Å². The zero-order valence-electron chi connectivity index (χ0n) is 13.8. The minimum atomic E-state index is -3.41. The van der Waals surface area contributed by atoms with Gasteiger partial charge in [0, 0.05) is 13.1 Å². The number of benzene rings is 1. The van der Waals surface area contributed by atoms with Gasteiger partial charge >= 0.3 is 0 Å². The summed E-state index contributed by atoms with van der Waals surface area (Å²) in [4.78, 5) is 0.353. The summed E-state index contributed by atoms with van der Waals surface area (Å²) in [5.41, 5.74) is 0.848. The zero-order valence-corrected chi connectivity index (χ0v) is 14.6. The summed E-state index contributed by atoms with van der Waals surface area (Å²) < 4.78 is 32.7. The molecule has 1 aliphatic heterocycles. The van der Waals surface area contributed by atoms with Crippen molar-refractivity contribution in [1.82, 2.24) is 9.62 Å². The van der Waals surface area contributed by atoms with E-state index < -0.39 is 10.0 Å². The van der Waals surface area contributed by atoms with Gasteiger partial charge in [-0.3, -0.25) is 0 Å². The molecule has 0 spiro atoms.